The summed E-state index contributed by atoms with van der Waals surface area (Å²) in [6, 6.07) is 0. The smallest absolute Gasteiger partial charge is 0.335 e. The van der Waals surface area contributed by atoms with Gasteiger partial charge in [0.15, 0.2) is 31.3 Å². The van der Waals surface area contributed by atoms with E-state index in [2.05, 4.69) is 26.8 Å². The van der Waals surface area contributed by atoms with Crippen molar-refractivity contribution in [2.24, 2.45) is 50.2 Å². The van der Waals surface area contributed by atoms with Gasteiger partial charge in [0.25, 0.3) is 0 Å². The molecule has 15 N–H and O–H groups in total. The number of allylic oxidation sites excluding steroid dienone is 2. The van der Waals surface area contributed by atoms with Crippen LogP contribution in [0.4, 0.5) is 0 Å². The van der Waals surface area contributed by atoms with Crippen LogP contribution in [0.15, 0.2) is 11.6 Å². The van der Waals surface area contributed by atoms with Crippen molar-refractivity contribution in [3.63, 3.8) is 0 Å². The molecule has 4 saturated carbocycles. The lowest BCUT2D eigenvalue weighted by Gasteiger charge is -2.72. The van der Waals surface area contributed by atoms with Gasteiger partial charge in [-0.05, 0) is 99.2 Å². The molecule has 9 rings (SSSR count). The van der Waals surface area contributed by atoms with Crippen LogP contribution in [0.1, 0.15) is 107 Å². The highest BCUT2D eigenvalue weighted by molar-refractivity contribution is 5.73. The van der Waals surface area contributed by atoms with Crippen LogP contribution in [0.3, 0.4) is 0 Å². The minimum Gasteiger partial charge on any atom is -0.479 e. The van der Waals surface area contributed by atoms with Crippen LogP contribution in [0.2, 0.25) is 0 Å². The Morgan fingerprint density at radius 1 is 0.577 bits per heavy atom. The number of aliphatic hydroxyl groups is 14. The zero-order chi connectivity index (χ0) is 57.3. The molecule has 0 amide bonds. The van der Waals surface area contributed by atoms with Crippen molar-refractivity contribution in [1.82, 2.24) is 0 Å². The van der Waals surface area contributed by atoms with Crippen molar-refractivity contribution in [2.45, 2.75) is 248 Å². The van der Waals surface area contributed by atoms with Crippen LogP contribution < -0.4 is 0 Å². The molecular weight excluding hydrogens is 1030 g/mol. The van der Waals surface area contributed by atoms with E-state index in [0.29, 0.717) is 44.9 Å². The van der Waals surface area contributed by atoms with E-state index in [0.717, 1.165) is 6.42 Å². The standard InChI is InChI=1S/C54H88O24/c1-21-29(58)32(61)37(66)45(71-21)76-40-34(63)31(60)25(18-55)73-47(40)77-41-36(65)35(64)39(44(69)70)75-48(41)74-28-12-13-51(5)26(52(28,6)20-57)11-14-54(8)27(51)10-9-23-24-17-49(3,19-56)43(42(68)50(24,4)15-16-53(23,54)7)78-46-38(67)33(62)30(59)22(2)72-46/h9,21-22,24-43,45-48,55-68H,10-20H2,1-8H3,(H,69,70)/t21-,22-,24-,25+,26?,27+,28-,29-,30-,31-,32+,33+,34-,35-,36-,37+,38+,39-,40+,41+,42+,43-,45-,46-,47-,48+,49-,50+,51-,52+,53+,54+/m0/s1. The van der Waals surface area contributed by atoms with Gasteiger partial charge in [0.2, 0.25) is 0 Å². The summed E-state index contributed by atoms with van der Waals surface area (Å²) in [7, 11) is 0. The summed E-state index contributed by atoms with van der Waals surface area (Å²) in [6.07, 6.45) is -29.8. The van der Waals surface area contributed by atoms with Crippen LogP contribution in [-0.2, 0) is 42.7 Å². The summed E-state index contributed by atoms with van der Waals surface area (Å²) in [4.78, 5) is 12.6. The molecule has 0 radical (unpaired) electrons. The van der Waals surface area contributed by atoms with Crippen LogP contribution in [0, 0.1) is 50.2 Å². The lowest BCUT2D eigenvalue weighted by molar-refractivity contribution is -0.396. The maximum atomic E-state index is 12.6. The molecule has 1 unspecified atom stereocenters. The average Bonchev–Trinajstić information content (AvgIpc) is 3.49. The second kappa shape index (κ2) is 21.8. The zero-order valence-corrected chi connectivity index (χ0v) is 45.7. The van der Waals surface area contributed by atoms with Crippen molar-refractivity contribution in [3.8, 4) is 0 Å². The Labute approximate surface area is 453 Å². The summed E-state index contributed by atoms with van der Waals surface area (Å²) in [6.45, 7) is 14.0. The van der Waals surface area contributed by atoms with E-state index in [4.69, 9.17) is 37.9 Å². The molecule has 0 aromatic heterocycles. The molecule has 4 heterocycles. The molecular formula is C54H88O24. The van der Waals surface area contributed by atoms with Gasteiger partial charge in [-0.2, -0.15) is 0 Å². The number of ether oxygens (including phenoxy) is 8. The molecule has 8 fully saturated rings. The highest BCUT2D eigenvalue weighted by Gasteiger charge is 2.71. The van der Waals surface area contributed by atoms with E-state index >= 15 is 0 Å². The number of hydrogen-bond donors (Lipinski definition) is 15. The Kier molecular flexibility index (Phi) is 17.0. The average molecular weight is 1120 g/mol. The largest absolute Gasteiger partial charge is 0.479 e. The van der Waals surface area contributed by atoms with Crippen molar-refractivity contribution in [3.05, 3.63) is 11.6 Å². The second-order valence-electron chi connectivity index (χ2n) is 26.2. The van der Waals surface area contributed by atoms with Gasteiger partial charge >= 0.3 is 5.97 Å². The maximum absolute atomic E-state index is 12.6. The molecule has 32 atom stereocenters. The lowest BCUT2D eigenvalue weighted by atomic mass is 9.33. The summed E-state index contributed by atoms with van der Waals surface area (Å²) in [5, 5.41) is 164. The normalized spacial score (nSPS) is 57.3. The first-order valence-electron chi connectivity index (χ1n) is 27.9. The summed E-state index contributed by atoms with van der Waals surface area (Å²) < 4.78 is 48.5. The minimum absolute atomic E-state index is 0.0623. The quantitative estimate of drug-likeness (QED) is 0.0709. The van der Waals surface area contributed by atoms with Crippen molar-refractivity contribution >= 4 is 5.97 Å². The van der Waals surface area contributed by atoms with E-state index in [-0.39, 0.29) is 41.8 Å². The minimum atomic E-state index is -2.12. The predicted octanol–water partition coefficient (Wildman–Crippen LogP) is -2.50. The Morgan fingerprint density at radius 3 is 1.71 bits per heavy atom. The highest BCUT2D eigenvalue weighted by atomic mass is 16.8. The topological polar surface area (TPSA) is 394 Å². The third kappa shape index (κ3) is 9.39. The maximum Gasteiger partial charge on any atom is 0.335 e. The molecule has 4 saturated heterocycles. The van der Waals surface area contributed by atoms with E-state index < -0.39 is 175 Å². The number of hydrogen-bond acceptors (Lipinski definition) is 23. The molecule has 0 bridgehead atoms. The summed E-state index contributed by atoms with van der Waals surface area (Å²) in [5.74, 6) is -1.97. The number of aliphatic carboxylic acids is 1. The zero-order valence-electron chi connectivity index (χ0n) is 45.7. The Hall–Kier alpha value is -1.67. The third-order valence-corrected chi connectivity index (χ3v) is 22.0. The highest BCUT2D eigenvalue weighted by Crippen LogP contribution is 2.76. The van der Waals surface area contributed by atoms with Gasteiger partial charge in [-0.3, -0.25) is 0 Å². The Balaban J connectivity index is 0.975. The number of aliphatic hydroxyl groups excluding tert-OH is 14. The number of carboxylic acid groups (broad SMARTS) is 1. The first-order valence-corrected chi connectivity index (χ1v) is 27.9. The van der Waals surface area contributed by atoms with Crippen LogP contribution in [-0.4, -0.2) is 244 Å². The first kappa shape index (κ1) is 60.9. The predicted molar refractivity (Wildman–Crippen MR) is 265 cm³/mol. The van der Waals surface area contributed by atoms with E-state index in [1.54, 1.807) is 6.92 Å². The Bertz CT molecular complexity index is 2180. The fourth-order valence-corrected chi connectivity index (χ4v) is 16.7. The monoisotopic (exact) mass is 1120 g/mol. The number of carbonyl (C=O) groups is 1. The van der Waals surface area contributed by atoms with Crippen molar-refractivity contribution in [2.75, 3.05) is 19.8 Å². The molecule has 24 nitrogen and oxygen atoms in total. The number of rotatable bonds is 12. The molecule has 0 spiro atoms. The van der Waals surface area contributed by atoms with Crippen molar-refractivity contribution in [1.29, 1.82) is 0 Å². The molecule has 78 heavy (non-hydrogen) atoms. The van der Waals surface area contributed by atoms with Gasteiger partial charge in [-0.1, -0.05) is 53.2 Å². The van der Waals surface area contributed by atoms with Gasteiger partial charge < -0.3 is 114 Å². The molecule has 4 aliphatic heterocycles. The number of fused-ring (bicyclic) bond motifs is 7. The number of carboxylic acids is 1. The summed E-state index contributed by atoms with van der Waals surface area (Å²) in [5.41, 5.74) is -2.71. The summed E-state index contributed by atoms with van der Waals surface area (Å²) >= 11 is 0. The van der Waals surface area contributed by atoms with Crippen LogP contribution >= 0.6 is 0 Å². The van der Waals surface area contributed by atoms with Gasteiger partial charge in [-0.15, -0.1) is 0 Å². The Morgan fingerprint density at radius 2 is 1.14 bits per heavy atom. The third-order valence-electron chi connectivity index (χ3n) is 22.0. The van der Waals surface area contributed by atoms with Gasteiger partial charge in [0, 0.05) is 16.2 Å². The lowest BCUT2D eigenvalue weighted by Crippen LogP contribution is -2.69. The molecule has 24 heteroatoms. The molecule has 5 aliphatic carbocycles. The van der Waals surface area contributed by atoms with Crippen LogP contribution in [0.25, 0.3) is 0 Å². The van der Waals surface area contributed by atoms with Gasteiger partial charge in [0.05, 0.1) is 50.3 Å². The molecule has 448 valence electrons. The van der Waals surface area contributed by atoms with E-state index in [1.807, 2.05) is 20.8 Å². The fraction of sp³-hybridized carbons (Fsp3) is 0.944. The van der Waals surface area contributed by atoms with Gasteiger partial charge in [-0.25, -0.2) is 4.79 Å². The fourth-order valence-electron chi connectivity index (χ4n) is 16.7. The van der Waals surface area contributed by atoms with Gasteiger partial charge in [0.1, 0.15) is 79.4 Å². The van der Waals surface area contributed by atoms with E-state index in [1.165, 1.54) is 12.5 Å². The van der Waals surface area contributed by atoms with E-state index in [9.17, 15) is 81.4 Å². The first-order chi connectivity index (χ1) is 36.4. The second-order valence-corrected chi connectivity index (χ2v) is 26.2. The van der Waals surface area contributed by atoms with Crippen LogP contribution in [0.5, 0.6) is 0 Å². The SMILES string of the molecule is C[C@@H]1O[C@@H](O[C@H]2[C@H](O[C@H]3[C@H](O[C@H]4CC[C@@]5(C)C(CC[C@]6(C)[C@@H]5CC=C5[C@@H]7C[C@@](C)(CO)[C@@H](O[C@@H]8O[C@@H](C)[C@H](O)[C@@H](O)[C@H]8O)[C@@H](O)[C@]7(C)CC[C@]56C)[C@@]4(C)CO)O[C@H](C(=O)O)[C@@H](O)[C@@H]3O)O[C@H](CO)[C@H](O)[C@@H]2O)[C@H](O)[C@H](O)[C@H]1O. The van der Waals surface area contributed by atoms with Crippen molar-refractivity contribution < 1.29 is 119 Å². The molecule has 0 aromatic carbocycles. The molecule has 9 aliphatic rings. The molecule has 0 aromatic rings.